The standard InChI is InChI=1S/C31H41N3O4/c1-9-11-25-24(18-20(2)38-25)27(35)29(37)34(23-15-13-22(14-16-23)30(3,4)5)26(21-12-10-17-32-19-21)28(36)33-31(6,7)8/h9-10,12-17,19-20,24-26H,1,11,18H2,2-8H3,(H,33,36). The van der Waals surface area contributed by atoms with Gasteiger partial charge in [-0.1, -0.05) is 45.0 Å². The minimum absolute atomic E-state index is 0.106. The Morgan fingerprint density at radius 1 is 1.13 bits per heavy atom. The monoisotopic (exact) mass is 519 g/mol. The first-order chi connectivity index (χ1) is 17.7. The number of carbonyl (C=O) groups is 3. The number of hydrogen-bond donors (Lipinski definition) is 1. The third-order valence-corrected chi connectivity index (χ3v) is 6.62. The number of ether oxygens (including phenoxy) is 1. The number of rotatable bonds is 8. The van der Waals surface area contributed by atoms with Crippen molar-refractivity contribution in [2.24, 2.45) is 5.92 Å². The van der Waals surface area contributed by atoms with Crippen LogP contribution in [0.2, 0.25) is 0 Å². The average molecular weight is 520 g/mol. The van der Waals surface area contributed by atoms with E-state index in [9.17, 15) is 14.4 Å². The molecule has 1 fully saturated rings. The van der Waals surface area contributed by atoms with E-state index in [-0.39, 0.29) is 11.5 Å². The number of anilines is 1. The van der Waals surface area contributed by atoms with E-state index in [1.54, 1.807) is 42.7 Å². The van der Waals surface area contributed by atoms with Crippen molar-refractivity contribution < 1.29 is 19.1 Å². The minimum Gasteiger partial charge on any atom is -0.374 e. The molecule has 2 aromatic rings. The molecule has 7 heteroatoms. The molecule has 0 bridgehead atoms. The van der Waals surface area contributed by atoms with E-state index in [4.69, 9.17) is 4.74 Å². The van der Waals surface area contributed by atoms with Crippen LogP contribution in [0.1, 0.15) is 78.5 Å². The highest BCUT2D eigenvalue weighted by atomic mass is 16.5. The zero-order valence-corrected chi connectivity index (χ0v) is 23.7. The van der Waals surface area contributed by atoms with Crippen LogP contribution in [0, 0.1) is 5.92 Å². The van der Waals surface area contributed by atoms with Gasteiger partial charge in [0, 0.05) is 29.2 Å². The quantitative estimate of drug-likeness (QED) is 0.377. The Morgan fingerprint density at radius 2 is 1.79 bits per heavy atom. The lowest BCUT2D eigenvalue weighted by molar-refractivity contribution is -0.140. The first-order valence-corrected chi connectivity index (χ1v) is 13.2. The summed E-state index contributed by atoms with van der Waals surface area (Å²) in [6.45, 7) is 17.6. The molecule has 7 nitrogen and oxygen atoms in total. The molecule has 1 aromatic carbocycles. The summed E-state index contributed by atoms with van der Waals surface area (Å²) in [6, 6.07) is 9.83. The molecule has 0 saturated carbocycles. The van der Waals surface area contributed by atoms with E-state index in [1.165, 1.54) is 4.90 Å². The highest BCUT2D eigenvalue weighted by Crippen LogP contribution is 2.34. The molecule has 1 aliphatic rings. The number of nitrogens with zero attached hydrogens (tertiary/aromatic N) is 2. The number of Topliss-reactive ketones (excluding diaryl/α,β-unsaturated/α-hetero) is 1. The van der Waals surface area contributed by atoms with Crippen LogP contribution in [0.15, 0.2) is 61.4 Å². The van der Waals surface area contributed by atoms with E-state index >= 15 is 0 Å². The number of amides is 2. The fourth-order valence-corrected chi connectivity index (χ4v) is 4.79. The zero-order chi connectivity index (χ0) is 28.3. The van der Waals surface area contributed by atoms with Crippen LogP contribution >= 0.6 is 0 Å². The Balaban J connectivity index is 2.14. The van der Waals surface area contributed by atoms with Crippen LogP contribution in [0.5, 0.6) is 0 Å². The van der Waals surface area contributed by atoms with Gasteiger partial charge in [-0.2, -0.15) is 0 Å². The lowest BCUT2D eigenvalue weighted by atomic mass is 9.87. The second-order valence-corrected chi connectivity index (χ2v) is 12.1. The molecule has 2 heterocycles. The number of aromatic nitrogens is 1. The molecule has 1 saturated heterocycles. The van der Waals surface area contributed by atoms with Crippen molar-refractivity contribution in [1.29, 1.82) is 0 Å². The molecule has 2 amide bonds. The van der Waals surface area contributed by atoms with Gasteiger partial charge in [0.2, 0.25) is 11.7 Å². The summed E-state index contributed by atoms with van der Waals surface area (Å²) in [5.41, 5.74) is 1.37. The van der Waals surface area contributed by atoms with Gasteiger partial charge in [-0.15, -0.1) is 6.58 Å². The van der Waals surface area contributed by atoms with Crippen LogP contribution in [0.3, 0.4) is 0 Å². The van der Waals surface area contributed by atoms with E-state index in [2.05, 4.69) is 37.7 Å². The predicted molar refractivity (Wildman–Crippen MR) is 150 cm³/mol. The molecular weight excluding hydrogens is 478 g/mol. The number of ketones is 1. The summed E-state index contributed by atoms with van der Waals surface area (Å²) in [5.74, 6) is -2.33. The van der Waals surface area contributed by atoms with E-state index in [0.29, 0.717) is 24.1 Å². The molecule has 0 spiro atoms. The Labute approximate surface area is 226 Å². The molecule has 38 heavy (non-hydrogen) atoms. The Morgan fingerprint density at radius 3 is 2.32 bits per heavy atom. The van der Waals surface area contributed by atoms with E-state index < -0.39 is 41.2 Å². The largest absolute Gasteiger partial charge is 0.374 e. The van der Waals surface area contributed by atoms with E-state index in [0.717, 1.165) is 5.56 Å². The Kier molecular flexibility index (Phi) is 8.93. The maximum absolute atomic E-state index is 14.1. The number of nitrogens with one attached hydrogen (secondary N) is 1. The van der Waals surface area contributed by atoms with Gasteiger partial charge < -0.3 is 10.1 Å². The number of hydrogen-bond acceptors (Lipinski definition) is 5. The second kappa shape index (κ2) is 11.6. The van der Waals surface area contributed by atoms with Crippen LogP contribution in [-0.4, -0.2) is 40.3 Å². The topological polar surface area (TPSA) is 88.6 Å². The lowest BCUT2D eigenvalue weighted by Crippen LogP contribution is -2.52. The van der Waals surface area contributed by atoms with Gasteiger partial charge in [0.05, 0.1) is 18.1 Å². The molecule has 1 aliphatic heterocycles. The van der Waals surface area contributed by atoms with Crippen LogP contribution in [0.4, 0.5) is 5.69 Å². The van der Waals surface area contributed by atoms with Crippen molar-refractivity contribution in [3.05, 3.63) is 72.6 Å². The summed E-state index contributed by atoms with van der Waals surface area (Å²) in [4.78, 5) is 47.3. The van der Waals surface area contributed by atoms with Crippen molar-refractivity contribution in [2.75, 3.05) is 4.90 Å². The highest BCUT2D eigenvalue weighted by Gasteiger charge is 2.44. The van der Waals surface area contributed by atoms with Crippen molar-refractivity contribution in [3.63, 3.8) is 0 Å². The predicted octanol–water partition coefficient (Wildman–Crippen LogP) is 5.31. The Bertz CT molecular complexity index is 1150. The van der Waals surface area contributed by atoms with Gasteiger partial charge >= 0.3 is 0 Å². The van der Waals surface area contributed by atoms with Crippen molar-refractivity contribution >= 4 is 23.3 Å². The smallest absolute Gasteiger partial charge is 0.295 e. The van der Waals surface area contributed by atoms with Crippen molar-refractivity contribution in [1.82, 2.24) is 10.3 Å². The van der Waals surface area contributed by atoms with Gasteiger partial charge in [-0.3, -0.25) is 24.3 Å². The molecule has 4 atom stereocenters. The van der Waals surface area contributed by atoms with Crippen LogP contribution in [-0.2, 0) is 24.5 Å². The molecule has 0 aliphatic carbocycles. The molecular formula is C31H41N3O4. The summed E-state index contributed by atoms with van der Waals surface area (Å²) in [7, 11) is 0. The number of pyridine rings is 1. The summed E-state index contributed by atoms with van der Waals surface area (Å²) < 4.78 is 5.93. The second-order valence-electron chi connectivity index (χ2n) is 12.1. The maximum atomic E-state index is 14.1. The SMILES string of the molecule is C=CCC1OC(C)CC1C(=O)C(=O)N(c1ccc(C(C)(C)C)cc1)C(C(=O)NC(C)(C)C)c1cccnc1. The first kappa shape index (κ1) is 29.2. The van der Waals surface area contributed by atoms with Crippen LogP contribution < -0.4 is 10.2 Å². The third-order valence-electron chi connectivity index (χ3n) is 6.62. The fraction of sp³-hybridized carbons (Fsp3) is 0.484. The molecule has 204 valence electrons. The highest BCUT2D eigenvalue weighted by molar-refractivity contribution is 6.42. The van der Waals surface area contributed by atoms with Gasteiger partial charge in [0.1, 0.15) is 6.04 Å². The summed E-state index contributed by atoms with van der Waals surface area (Å²) in [5, 5.41) is 2.99. The van der Waals surface area contributed by atoms with Gasteiger partial charge in [0.25, 0.3) is 5.91 Å². The minimum atomic E-state index is -1.10. The molecule has 0 radical (unpaired) electrons. The van der Waals surface area contributed by atoms with Gasteiger partial charge in [-0.25, -0.2) is 0 Å². The number of carbonyl (C=O) groups excluding carboxylic acids is 3. The van der Waals surface area contributed by atoms with E-state index in [1.807, 2.05) is 39.8 Å². The molecule has 1 aromatic heterocycles. The lowest BCUT2D eigenvalue weighted by Gasteiger charge is -2.34. The Hall–Kier alpha value is -3.32. The molecule has 4 unspecified atom stereocenters. The van der Waals surface area contributed by atoms with Crippen molar-refractivity contribution in [3.8, 4) is 0 Å². The maximum Gasteiger partial charge on any atom is 0.295 e. The summed E-state index contributed by atoms with van der Waals surface area (Å²) in [6.07, 6.45) is 5.18. The third kappa shape index (κ3) is 6.95. The number of benzene rings is 1. The van der Waals surface area contributed by atoms with Crippen molar-refractivity contribution in [2.45, 2.75) is 90.5 Å². The fourth-order valence-electron chi connectivity index (χ4n) is 4.79. The van der Waals surface area contributed by atoms with Crippen LogP contribution in [0.25, 0.3) is 0 Å². The molecule has 3 rings (SSSR count). The summed E-state index contributed by atoms with van der Waals surface area (Å²) >= 11 is 0. The average Bonchev–Trinajstić information content (AvgIpc) is 3.20. The van der Waals surface area contributed by atoms with Gasteiger partial charge in [-0.05, 0) is 69.7 Å². The zero-order valence-electron chi connectivity index (χ0n) is 23.7. The van der Waals surface area contributed by atoms with Gasteiger partial charge in [0.15, 0.2) is 0 Å². The normalized spacial score (nSPS) is 20.4. The first-order valence-electron chi connectivity index (χ1n) is 13.2. The molecule has 1 N–H and O–H groups in total.